The first-order valence-corrected chi connectivity index (χ1v) is 16.7. The number of nitrogens with zero attached hydrogens (tertiary/aromatic N) is 3. The molecule has 7 rings (SSSR count). The Morgan fingerprint density at radius 2 is 1.85 bits per heavy atom. The van der Waals surface area contributed by atoms with Crippen LogP contribution in [0.1, 0.15) is 73.4 Å². The summed E-state index contributed by atoms with van der Waals surface area (Å²) in [5.41, 5.74) is 2.89. The minimum atomic E-state index is -2.71. The average molecular weight is 660 g/mol. The van der Waals surface area contributed by atoms with E-state index in [-0.39, 0.29) is 84.5 Å². The molecule has 2 aliphatic heterocycles. The highest BCUT2D eigenvalue weighted by Gasteiger charge is 2.60. The third-order valence-electron chi connectivity index (χ3n) is 10.9. The Morgan fingerprint density at radius 3 is 2.52 bits per heavy atom. The van der Waals surface area contributed by atoms with Crippen molar-refractivity contribution in [2.24, 2.45) is 22.7 Å². The van der Waals surface area contributed by atoms with Crippen molar-refractivity contribution in [1.82, 2.24) is 9.88 Å². The molecule has 2 aromatic carbocycles. The van der Waals surface area contributed by atoms with E-state index in [2.05, 4.69) is 18.8 Å². The number of hydrogen-bond donors (Lipinski definition) is 1. The van der Waals surface area contributed by atoms with Gasteiger partial charge in [-0.25, -0.2) is 27.3 Å². The molecule has 0 bridgehead atoms. The number of aromatic nitrogens is 1. The van der Waals surface area contributed by atoms with Crippen molar-refractivity contribution < 1.29 is 37.0 Å². The van der Waals surface area contributed by atoms with Gasteiger partial charge in [0.15, 0.2) is 11.6 Å². The number of carboxylic acids is 1. The Kier molecular flexibility index (Phi) is 7.62. The lowest BCUT2D eigenvalue weighted by Gasteiger charge is -2.51. The molecule has 2 aliphatic carbocycles. The van der Waals surface area contributed by atoms with Gasteiger partial charge in [-0.15, -0.1) is 11.3 Å². The maximum atomic E-state index is 14.7. The quantitative estimate of drug-likeness (QED) is 0.260. The zero-order chi connectivity index (χ0) is 32.6. The number of hydrogen-bond acceptors (Lipinski definition) is 6. The van der Waals surface area contributed by atoms with Crippen LogP contribution in [0.25, 0.3) is 10.2 Å². The van der Waals surface area contributed by atoms with Gasteiger partial charge in [0.2, 0.25) is 11.8 Å². The zero-order valence-corrected chi connectivity index (χ0v) is 26.6. The first-order chi connectivity index (χ1) is 21.8. The van der Waals surface area contributed by atoms with Crippen molar-refractivity contribution in [3.05, 3.63) is 58.1 Å². The van der Waals surface area contributed by atoms with Crippen LogP contribution in [0.4, 0.5) is 23.2 Å². The Labute approximate surface area is 268 Å². The average Bonchev–Trinajstić information content (AvgIpc) is 3.30. The number of ether oxygens (including phenoxy) is 1. The molecule has 3 aromatic rings. The second-order valence-electron chi connectivity index (χ2n) is 14.4. The molecule has 3 heterocycles. The SMILES string of the molecule is CC1(C)C[C@@H]1C(=O)N1CC2(C1)CN(c1cc(F)c(F)c3ncsc13)C[C@H]2COCc1cccc(C2CCC(F)(F)CC2)c1C(=O)O. The first-order valence-electron chi connectivity index (χ1n) is 15.8. The largest absolute Gasteiger partial charge is 0.478 e. The van der Waals surface area contributed by atoms with Crippen LogP contribution in [0.5, 0.6) is 0 Å². The van der Waals surface area contributed by atoms with E-state index in [1.807, 2.05) is 9.80 Å². The fourth-order valence-electron chi connectivity index (χ4n) is 7.97. The molecule has 0 radical (unpaired) electrons. The molecule has 0 unspecified atom stereocenters. The lowest BCUT2D eigenvalue weighted by molar-refractivity contribution is -0.148. The first kappa shape index (κ1) is 31.4. The smallest absolute Gasteiger partial charge is 0.336 e. The standard InChI is InChI=1S/C34H37F4N3O4S/c1-32(2)11-23(32)30(42)41-16-33(17-41)15-40(25-10-24(35)27(36)28-29(25)46-18-39-28)12-21(33)14-45-13-20-4-3-5-22(26(20)31(43)44)19-6-8-34(37,38)9-7-19/h3-5,10,18-19,21,23H,6-9,11-17H2,1-2H3,(H,43,44)/t21-,23+/m0/s1. The Morgan fingerprint density at radius 1 is 1.13 bits per heavy atom. The molecule has 1 aromatic heterocycles. The molecular weight excluding hydrogens is 622 g/mol. The fraction of sp³-hybridized carbons (Fsp3) is 0.559. The van der Waals surface area contributed by atoms with Crippen molar-refractivity contribution >= 4 is 39.1 Å². The summed E-state index contributed by atoms with van der Waals surface area (Å²) in [6, 6.07) is 6.38. The van der Waals surface area contributed by atoms with E-state index in [0.717, 1.165) is 6.42 Å². The summed E-state index contributed by atoms with van der Waals surface area (Å²) in [6.45, 7) is 6.53. The number of likely N-dealkylation sites (tertiary alicyclic amines) is 1. The van der Waals surface area contributed by atoms with Crippen LogP contribution in [0.15, 0.2) is 29.8 Å². The van der Waals surface area contributed by atoms with Gasteiger partial charge in [-0.2, -0.15) is 0 Å². The highest BCUT2D eigenvalue weighted by molar-refractivity contribution is 7.17. The number of benzene rings is 2. The van der Waals surface area contributed by atoms with Gasteiger partial charge < -0.3 is 19.6 Å². The summed E-state index contributed by atoms with van der Waals surface area (Å²) in [7, 11) is 0. The highest BCUT2D eigenvalue weighted by atomic mass is 32.1. The van der Waals surface area contributed by atoms with Gasteiger partial charge in [-0.1, -0.05) is 32.0 Å². The maximum absolute atomic E-state index is 14.7. The van der Waals surface area contributed by atoms with Crippen LogP contribution < -0.4 is 4.90 Å². The number of fused-ring (bicyclic) bond motifs is 1. The Bertz CT molecular complexity index is 1690. The van der Waals surface area contributed by atoms with Crippen LogP contribution in [-0.4, -0.2) is 65.6 Å². The number of aromatic carboxylic acids is 1. The van der Waals surface area contributed by atoms with Crippen LogP contribution in [0.2, 0.25) is 0 Å². The predicted molar refractivity (Wildman–Crippen MR) is 165 cm³/mol. The molecular formula is C34H37F4N3O4S. The molecule has 1 amide bonds. The van der Waals surface area contributed by atoms with Crippen molar-refractivity contribution in [2.45, 2.75) is 64.4 Å². The molecule has 2 atom stereocenters. The normalized spacial score (nSPS) is 24.8. The number of carbonyl (C=O) groups excluding carboxylic acids is 1. The summed E-state index contributed by atoms with van der Waals surface area (Å²) in [5.74, 6) is -5.94. The molecule has 2 saturated carbocycles. The number of carbonyl (C=O) groups is 2. The van der Waals surface area contributed by atoms with Crippen LogP contribution >= 0.6 is 11.3 Å². The predicted octanol–water partition coefficient (Wildman–Crippen LogP) is 7.09. The number of amides is 1. The van der Waals surface area contributed by atoms with Crippen LogP contribution in [0, 0.1) is 34.3 Å². The fourth-order valence-corrected chi connectivity index (χ4v) is 8.79. The third kappa shape index (κ3) is 5.44. The number of alkyl halides is 2. The van der Waals surface area contributed by atoms with Gasteiger partial charge in [0.05, 0.1) is 34.7 Å². The molecule has 7 nitrogen and oxygen atoms in total. The van der Waals surface area contributed by atoms with Crippen LogP contribution in [-0.2, 0) is 16.1 Å². The summed E-state index contributed by atoms with van der Waals surface area (Å²) in [6.07, 6.45) is 0.785. The minimum absolute atomic E-state index is 0.00195. The zero-order valence-electron chi connectivity index (χ0n) is 25.8. The van der Waals surface area contributed by atoms with Crippen molar-refractivity contribution in [2.75, 3.05) is 37.7 Å². The lowest BCUT2D eigenvalue weighted by Crippen LogP contribution is -2.63. The summed E-state index contributed by atoms with van der Waals surface area (Å²) < 4.78 is 63.6. The molecule has 4 fully saturated rings. The number of rotatable bonds is 8. The monoisotopic (exact) mass is 659 g/mol. The second kappa shape index (κ2) is 11.2. The van der Waals surface area contributed by atoms with E-state index in [4.69, 9.17) is 4.74 Å². The third-order valence-corrected chi connectivity index (χ3v) is 11.7. The molecule has 1 spiro atoms. The summed E-state index contributed by atoms with van der Waals surface area (Å²) in [4.78, 5) is 33.6. The molecule has 4 aliphatic rings. The molecule has 46 heavy (non-hydrogen) atoms. The van der Waals surface area contributed by atoms with Gasteiger partial charge >= 0.3 is 5.97 Å². The van der Waals surface area contributed by atoms with Gasteiger partial charge in [0.1, 0.15) is 5.52 Å². The van der Waals surface area contributed by atoms with Crippen molar-refractivity contribution in [1.29, 1.82) is 0 Å². The Hall–Kier alpha value is -3.25. The lowest BCUT2D eigenvalue weighted by atomic mass is 9.71. The van der Waals surface area contributed by atoms with Crippen LogP contribution in [0.3, 0.4) is 0 Å². The van der Waals surface area contributed by atoms with Crippen molar-refractivity contribution in [3.8, 4) is 0 Å². The van der Waals surface area contributed by atoms with E-state index < -0.39 is 23.5 Å². The topological polar surface area (TPSA) is 83.0 Å². The second-order valence-corrected chi connectivity index (χ2v) is 15.3. The van der Waals surface area contributed by atoms with Gasteiger partial charge in [-0.05, 0) is 41.7 Å². The highest BCUT2D eigenvalue weighted by Crippen LogP contribution is 2.55. The maximum Gasteiger partial charge on any atom is 0.336 e. The number of anilines is 1. The van der Waals surface area contributed by atoms with E-state index in [0.29, 0.717) is 47.7 Å². The van der Waals surface area contributed by atoms with E-state index in [1.54, 1.807) is 18.2 Å². The molecule has 12 heteroatoms. The van der Waals surface area contributed by atoms with E-state index in [1.165, 1.54) is 22.9 Å². The molecule has 1 N–H and O–H groups in total. The molecule has 246 valence electrons. The minimum Gasteiger partial charge on any atom is -0.478 e. The van der Waals surface area contributed by atoms with Gasteiger partial charge in [-0.3, -0.25) is 4.79 Å². The van der Waals surface area contributed by atoms with Gasteiger partial charge in [0, 0.05) is 62.3 Å². The summed E-state index contributed by atoms with van der Waals surface area (Å²) in [5, 5.41) is 10.2. The van der Waals surface area contributed by atoms with Gasteiger partial charge in [0.25, 0.3) is 0 Å². The van der Waals surface area contributed by atoms with E-state index >= 15 is 0 Å². The van der Waals surface area contributed by atoms with Crippen molar-refractivity contribution in [3.63, 3.8) is 0 Å². The number of thiazole rings is 1. The van der Waals surface area contributed by atoms with E-state index in [9.17, 15) is 32.3 Å². The number of halogens is 4. The number of carboxylic acid groups (broad SMARTS) is 1. The molecule has 2 saturated heterocycles. The Balaban J connectivity index is 1.10. The summed E-state index contributed by atoms with van der Waals surface area (Å²) >= 11 is 1.25.